The van der Waals surface area contributed by atoms with Crippen molar-refractivity contribution in [3.05, 3.63) is 30.5 Å². The minimum absolute atomic E-state index is 0. The van der Waals surface area contributed by atoms with Gasteiger partial charge in [0.2, 0.25) is 0 Å². The standard InChI is InChI=1S/C10H12N2.ClH/c1-2-11-10-7-12-9-6-4-3-5-8(9)10;/h3-7,11-12H,2H2,1H3;1H. The maximum Gasteiger partial charge on any atom is 0.0597 e. The molecule has 0 atom stereocenters. The second-order valence-electron chi connectivity index (χ2n) is 2.78. The van der Waals surface area contributed by atoms with Gasteiger partial charge in [-0.1, -0.05) is 18.2 Å². The number of H-pyrrole nitrogens is 1. The maximum atomic E-state index is 3.30. The van der Waals surface area contributed by atoms with Crippen LogP contribution in [0.1, 0.15) is 6.92 Å². The van der Waals surface area contributed by atoms with Gasteiger partial charge >= 0.3 is 0 Å². The minimum atomic E-state index is 0. The topological polar surface area (TPSA) is 27.8 Å². The summed E-state index contributed by atoms with van der Waals surface area (Å²) in [5, 5.41) is 4.56. The molecule has 0 radical (unpaired) electrons. The first-order valence-electron chi connectivity index (χ1n) is 4.22. The van der Waals surface area contributed by atoms with E-state index < -0.39 is 0 Å². The van der Waals surface area contributed by atoms with Crippen molar-refractivity contribution in [3.8, 4) is 0 Å². The average molecular weight is 197 g/mol. The minimum Gasteiger partial charge on any atom is -0.384 e. The Balaban J connectivity index is 0.000000845. The van der Waals surface area contributed by atoms with Gasteiger partial charge in [-0.3, -0.25) is 0 Å². The molecule has 70 valence electrons. The number of nitrogens with one attached hydrogen (secondary N) is 2. The highest BCUT2D eigenvalue weighted by Gasteiger charge is 1.99. The highest BCUT2D eigenvalue weighted by molar-refractivity contribution is 5.92. The predicted molar refractivity (Wildman–Crippen MR) is 59.7 cm³/mol. The number of aromatic amines is 1. The quantitative estimate of drug-likeness (QED) is 0.760. The van der Waals surface area contributed by atoms with Crippen molar-refractivity contribution < 1.29 is 0 Å². The van der Waals surface area contributed by atoms with Crippen LogP contribution in [0.25, 0.3) is 10.9 Å². The maximum absolute atomic E-state index is 3.30. The number of aromatic nitrogens is 1. The van der Waals surface area contributed by atoms with Crippen molar-refractivity contribution in [2.75, 3.05) is 11.9 Å². The molecule has 0 unspecified atom stereocenters. The summed E-state index contributed by atoms with van der Waals surface area (Å²) in [7, 11) is 0. The van der Waals surface area contributed by atoms with Gasteiger partial charge in [-0.05, 0) is 13.0 Å². The molecule has 0 saturated heterocycles. The van der Waals surface area contributed by atoms with Gasteiger partial charge in [-0.2, -0.15) is 0 Å². The Morgan fingerprint density at radius 3 is 2.85 bits per heavy atom. The number of anilines is 1. The number of rotatable bonds is 2. The lowest BCUT2D eigenvalue weighted by Crippen LogP contribution is -1.94. The van der Waals surface area contributed by atoms with E-state index >= 15 is 0 Å². The van der Waals surface area contributed by atoms with E-state index in [2.05, 4.69) is 35.4 Å². The molecule has 13 heavy (non-hydrogen) atoms. The van der Waals surface area contributed by atoms with Crippen molar-refractivity contribution in [1.29, 1.82) is 0 Å². The lowest BCUT2D eigenvalue weighted by atomic mass is 10.2. The summed E-state index contributed by atoms with van der Waals surface area (Å²) in [6.45, 7) is 3.06. The van der Waals surface area contributed by atoms with Crippen LogP contribution < -0.4 is 5.32 Å². The number of para-hydroxylation sites is 1. The summed E-state index contributed by atoms with van der Waals surface area (Å²) in [6.07, 6.45) is 2.01. The number of benzene rings is 1. The molecule has 0 aliphatic heterocycles. The summed E-state index contributed by atoms with van der Waals surface area (Å²) in [5.74, 6) is 0. The third kappa shape index (κ3) is 1.78. The first-order valence-corrected chi connectivity index (χ1v) is 4.22. The molecule has 2 N–H and O–H groups in total. The van der Waals surface area contributed by atoms with Crippen LogP contribution in [-0.4, -0.2) is 11.5 Å². The number of halogens is 1. The monoisotopic (exact) mass is 196 g/mol. The highest BCUT2D eigenvalue weighted by atomic mass is 35.5. The Hall–Kier alpha value is -1.15. The summed E-state index contributed by atoms with van der Waals surface area (Å²) in [5.41, 5.74) is 2.38. The smallest absolute Gasteiger partial charge is 0.0597 e. The zero-order valence-corrected chi connectivity index (χ0v) is 8.32. The van der Waals surface area contributed by atoms with Crippen molar-refractivity contribution >= 4 is 29.0 Å². The second kappa shape index (κ2) is 4.19. The summed E-state index contributed by atoms with van der Waals surface area (Å²) in [6, 6.07) is 8.28. The Morgan fingerprint density at radius 1 is 1.31 bits per heavy atom. The molecule has 2 nitrogen and oxygen atoms in total. The van der Waals surface area contributed by atoms with Crippen molar-refractivity contribution in [1.82, 2.24) is 4.98 Å². The molecule has 1 aromatic carbocycles. The normalized spacial score (nSPS) is 9.62. The van der Waals surface area contributed by atoms with Gasteiger partial charge in [0, 0.05) is 23.6 Å². The molecule has 0 saturated carbocycles. The number of fused-ring (bicyclic) bond motifs is 1. The van der Waals surface area contributed by atoms with Gasteiger partial charge in [0.1, 0.15) is 0 Å². The fourth-order valence-corrected chi connectivity index (χ4v) is 1.41. The molecule has 0 spiro atoms. The average Bonchev–Trinajstić information content (AvgIpc) is 2.50. The van der Waals surface area contributed by atoms with E-state index in [0.29, 0.717) is 0 Å². The highest BCUT2D eigenvalue weighted by Crippen LogP contribution is 2.21. The van der Waals surface area contributed by atoms with Crippen molar-refractivity contribution in [2.24, 2.45) is 0 Å². The Kier molecular flexibility index (Phi) is 3.20. The van der Waals surface area contributed by atoms with Crippen LogP contribution in [0.4, 0.5) is 5.69 Å². The van der Waals surface area contributed by atoms with E-state index in [-0.39, 0.29) is 12.4 Å². The molecule has 0 aliphatic rings. The van der Waals surface area contributed by atoms with Gasteiger partial charge in [-0.25, -0.2) is 0 Å². The van der Waals surface area contributed by atoms with Crippen LogP contribution >= 0.6 is 12.4 Å². The molecule has 0 aliphatic carbocycles. The van der Waals surface area contributed by atoms with E-state index in [1.165, 1.54) is 16.6 Å². The molecule has 3 heteroatoms. The zero-order chi connectivity index (χ0) is 8.39. The van der Waals surface area contributed by atoms with Crippen molar-refractivity contribution in [2.45, 2.75) is 6.92 Å². The van der Waals surface area contributed by atoms with E-state index in [4.69, 9.17) is 0 Å². The third-order valence-electron chi connectivity index (χ3n) is 1.96. The van der Waals surface area contributed by atoms with Gasteiger partial charge in [0.05, 0.1) is 5.69 Å². The molecule has 0 fully saturated rings. The van der Waals surface area contributed by atoms with Crippen LogP contribution in [-0.2, 0) is 0 Å². The Bertz CT molecular complexity index is 381. The lowest BCUT2D eigenvalue weighted by molar-refractivity contribution is 1.22. The second-order valence-corrected chi connectivity index (χ2v) is 2.78. The fraction of sp³-hybridized carbons (Fsp3) is 0.200. The van der Waals surface area contributed by atoms with E-state index in [1.807, 2.05) is 12.3 Å². The molecule has 1 aromatic heterocycles. The van der Waals surface area contributed by atoms with Crippen LogP contribution in [0.2, 0.25) is 0 Å². The van der Waals surface area contributed by atoms with E-state index in [1.54, 1.807) is 0 Å². The molecular formula is C10H13ClN2. The van der Waals surface area contributed by atoms with Crippen LogP contribution in [0, 0.1) is 0 Å². The summed E-state index contributed by atoms with van der Waals surface area (Å²) in [4.78, 5) is 3.21. The largest absolute Gasteiger partial charge is 0.384 e. The van der Waals surface area contributed by atoms with Gasteiger partial charge in [0.15, 0.2) is 0 Å². The van der Waals surface area contributed by atoms with Gasteiger partial charge in [0.25, 0.3) is 0 Å². The predicted octanol–water partition coefficient (Wildman–Crippen LogP) is 3.02. The fourth-order valence-electron chi connectivity index (χ4n) is 1.41. The van der Waals surface area contributed by atoms with Gasteiger partial charge in [-0.15, -0.1) is 12.4 Å². The molecule has 2 aromatic rings. The van der Waals surface area contributed by atoms with E-state index in [0.717, 1.165) is 6.54 Å². The first-order chi connectivity index (χ1) is 5.92. The van der Waals surface area contributed by atoms with Crippen molar-refractivity contribution in [3.63, 3.8) is 0 Å². The molecule has 1 heterocycles. The molecule has 0 bridgehead atoms. The third-order valence-corrected chi connectivity index (χ3v) is 1.96. The van der Waals surface area contributed by atoms with Crippen LogP contribution in [0.3, 0.4) is 0 Å². The molecule has 0 amide bonds. The zero-order valence-electron chi connectivity index (χ0n) is 7.50. The molecular weight excluding hydrogens is 184 g/mol. The summed E-state index contributed by atoms with van der Waals surface area (Å²) >= 11 is 0. The Morgan fingerprint density at radius 2 is 2.08 bits per heavy atom. The van der Waals surface area contributed by atoms with Crippen LogP contribution in [0.5, 0.6) is 0 Å². The van der Waals surface area contributed by atoms with E-state index in [9.17, 15) is 0 Å². The van der Waals surface area contributed by atoms with Gasteiger partial charge < -0.3 is 10.3 Å². The Labute approximate surface area is 83.8 Å². The SMILES string of the molecule is CCNc1c[nH]c2ccccc12.Cl. The first kappa shape index (κ1) is 9.93. The number of hydrogen-bond donors (Lipinski definition) is 2. The molecule has 2 rings (SSSR count). The summed E-state index contributed by atoms with van der Waals surface area (Å²) < 4.78 is 0. The lowest BCUT2D eigenvalue weighted by Gasteiger charge is -1.98. The number of hydrogen-bond acceptors (Lipinski definition) is 1. The van der Waals surface area contributed by atoms with Crippen LogP contribution in [0.15, 0.2) is 30.5 Å².